The minimum atomic E-state index is -1.44. The molecule has 2 aromatic carbocycles. The lowest BCUT2D eigenvalue weighted by Gasteiger charge is -2.07. The lowest BCUT2D eigenvalue weighted by atomic mass is 10.1. The zero-order valence-corrected chi connectivity index (χ0v) is 11.6. The van der Waals surface area contributed by atoms with E-state index >= 15 is 0 Å². The van der Waals surface area contributed by atoms with E-state index in [4.69, 9.17) is 4.74 Å². The van der Waals surface area contributed by atoms with Crippen LogP contribution in [0.15, 0.2) is 36.4 Å². The maximum atomic E-state index is 13.0. The first-order chi connectivity index (χ1) is 10.1. The second kappa shape index (κ2) is 7.13. The summed E-state index contributed by atoms with van der Waals surface area (Å²) in [6.45, 7) is 0.909. The molecular weight excluding hydrogens is 279 g/mol. The largest absolute Gasteiger partial charge is 0.497 e. The predicted molar refractivity (Wildman–Crippen MR) is 74.7 cm³/mol. The van der Waals surface area contributed by atoms with Crippen molar-refractivity contribution in [3.8, 4) is 5.75 Å². The molecule has 0 spiro atoms. The highest BCUT2D eigenvalue weighted by Crippen LogP contribution is 2.14. The third-order valence-corrected chi connectivity index (χ3v) is 3.10. The SMILES string of the molecule is COc1cccc(CCNCc2cc(F)c(F)c(F)c2)c1. The van der Waals surface area contributed by atoms with E-state index in [0.717, 1.165) is 29.9 Å². The Balaban J connectivity index is 1.84. The average molecular weight is 295 g/mol. The van der Waals surface area contributed by atoms with Crippen LogP contribution in [-0.2, 0) is 13.0 Å². The number of rotatable bonds is 6. The van der Waals surface area contributed by atoms with Crippen LogP contribution in [0, 0.1) is 17.5 Å². The summed E-state index contributed by atoms with van der Waals surface area (Å²) >= 11 is 0. The monoisotopic (exact) mass is 295 g/mol. The summed E-state index contributed by atoms with van der Waals surface area (Å²) in [4.78, 5) is 0. The Hall–Kier alpha value is -2.01. The van der Waals surface area contributed by atoms with Gasteiger partial charge in [-0.05, 0) is 48.4 Å². The molecule has 0 heterocycles. The van der Waals surface area contributed by atoms with Gasteiger partial charge >= 0.3 is 0 Å². The molecule has 0 aromatic heterocycles. The fourth-order valence-corrected chi connectivity index (χ4v) is 2.00. The first-order valence-electron chi connectivity index (χ1n) is 6.57. The zero-order chi connectivity index (χ0) is 15.2. The van der Waals surface area contributed by atoms with Crippen LogP contribution in [0.25, 0.3) is 0 Å². The van der Waals surface area contributed by atoms with E-state index in [1.54, 1.807) is 7.11 Å². The van der Waals surface area contributed by atoms with Crippen molar-refractivity contribution >= 4 is 0 Å². The Morgan fingerprint density at radius 2 is 1.71 bits per heavy atom. The summed E-state index contributed by atoms with van der Waals surface area (Å²) < 4.78 is 44.0. The van der Waals surface area contributed by atoms with Gasteiger partial charge < -0.3 is 10.1 Å². The molecule has 0 aliphatic heterocycles. The van der Waals surface area contributed by atoms with Crippen LogP contribution in [0.2, 0.25) is 0 Å². The van der Waals surface area contributed by atoms with Crippen molar-refractivity contribution in [2.24, 2.45) is 0 Å². The Labute approximate surface area is 121 Å². The zero-order valence-electron chi connectivity index (χ0n) is 11.6. The number of hydrogen-bond donors (Lipinski definition) is 1. The second-order valence-electron chi connectivity index (χ2n) is 4.65. The van der Waals surface area contributed by atoms with Gasteiger partial charge in [-0.25, -0.2) is 13.2 Å². The van der Waals surface area contributed by atoms with E-state index in [9.17, 15) is 13.2 Å². The summed E-state index contributed by atoms with van der Waals surface area (Å²) in [6, 6.07) is 9.66. The topological polar surface area (TPSA) is 21.3 Å². The first kappa shape index (κ1) is 15.4. The van der Waals surface area contributed by atoms with E-state index in [2.05, 4.69) is 5.32 Å². The van der Waals surface area contributed by atoms with Crippen molar-refractivity contribution in [2.45, 2.75) is 13.0 Å². The molecule has 2 rings (SSSR count). The Bertz CT molecular complexity index is 593. The van der Waals surface area contributed by atoms with Crippen molar-refractivity contribution < 1.29 is 17.9 Å². The van der Waals surface area contributed by atoms with Crippen LogP contribution >= 0.6 is 0 Å². The number of benzene rings is 2. The molecule has 2 aromatic rings. The number of hydrogen-bond acceptors (Lipinski definition) is 2. The summed E-state index contributed by atoms with van der Waals surface area (Å²) in [7, 11) is 1.61. The third-order valence-electron chi connectivity index (χ3n) is 3.10. The lowest BCUT2D eigenvalue weighted by molar-refractivity contribution is 0.414. The molecule has 21 heavy (non-hydrogen) atoms. The van der Waals surface area contributed by atoms with E-state index in [1.165, 1.54) is 0 Å². The van der Waals surface area contributed by atoms with Crippen LogP contribution < -0.4 is 10.1 Å². The molecule has 2 nitrogen and oxygen atoms in total. The minimum Gasteiger partial charge on any atom is -0.497 e. The van der Waals surface area contributed by atoms with Crippen molar-refractivity contribution in [1.82, 2.24) is 5.32 Å². The highest BCUT2D eigenvalue weighted by Gasteiger charge is 2.09. The maximum absolute atomic E-state index is 13.0. The standard InChI is InChI=1S/C16H16F3NO/c1-21-13-4-2-3-11(7-13)5-6-20-10-12-8-14(17)16(19)15(18)9-12/h2-4,7-9,20H,5-6,10H2,1H3. The maximum Gasteiger partial charge on any atom is 0.194 e. The van der Waals surface area contributed by atoms with Gasteiger partial charge in [0.15, 0.2) is 17.5 Å². The number of ether oxygens (including phenoxy) is 1. The molecule has 0 atom stereocenters. The van der Waals surface area contributed by atoms with E-state index in [-0.39, 0.29) is 6.54 Å². The molecule has 0 amide bonds. The van der Waals surface area contributed by atoms with Gasteiger partial charge in [0.05, 0.1) is 7.11 Å². The van der Waals surface area contributed by atoms with Crippen LogP contribution in [0.3, 0.4) is 0 Å². The minimum absolute atomic E-state index is 0.276. The quantitative estimate of drug-likeness (QED) is 0.651. The van der Waals surface area contributed by atoms with E-state index in [0.29, 0.717) is 12.1 Å². The molecule has 0 bridgehead atoms. The van der Waals surface area contributed by atoms with Crippen molar-refractivity contribution in [1.29, 1.82) is 0 Å². The van der Waals surface area contributed by atoms with Crippen LogP contribution in [-0.4, -0.2) is 13.7 Å². The average Bonchev–Trinajstić information content (AvgIpc) is 2.49. The van der Waals surface area contributed by atoms with Gasteiger partial charge in [-0.15, -0.1) is 0 Å². The van der Waals surface area contributed by atoms with Crippen molar-refractivity contribution in [3.63, 3.8) is 0 Å². The molecule has 1 N–H and O–H groups in total. The number of halogens is 3. The Morgan fingerprint density at radius 3 is 2.38 bits per heavy atom. The van der Waals surface area contributed by atoms with Gasteiger partial charge in [-0.3, -0.25) is 0 Å². The van der Waals surface area contributed by atoms with E-state index in [1.807, 2.05) is 24.3 Å². The molecule has 0 radical (unpaired) electrons. The fourth-order valence-electron chi connectivity index (χ4n) is 2.00. The van der Waals surface area contributed by atoms with Crippen LogP contribution in [0.1, 0.15) is 11.1 Å². The normalized spacial score (nSPS) is 10.7. The number of nitrogens with one attached hydrogen (secondary N) is 1. The Morgan fingerprint density at radius 1 is 1.00 bits per heavy atom. The van der Waals surface area contributed by atoms with Gasteiger partial charge in [0.25, 0.3) is 0 Å². The van der Waals surface area contributed by atoms with Gasteiger partial charge in [-0.2, -0.15) is 0 Å². The highest BCUT2D eigenvalue weighted by atomic mass is 19.2. The third kappa shape index (κ3) is 4.23. The van der Waals surface area contributed by atoms with Crippen molar-refractivity contribution in [2.75, 3.05) is 13.7 Å². The fraction of sp³-hybridized carbons (Fsp3) is 0.250. The number of methoxy groups -OCH3 is 1. The van der Waals surface area contributed by atoms with E-state index < -0.39 is 17.5 Å². The van der Waals surface area contributed by atoms with Crippen LogP contribution in [0.4, 0.5) is 13.2 Å². The molecule has 5 heteroatoms. The summed E-state index contributed by atoms with van der Waals surface area (Å²) in [5, 5.41) is 3.06. The summed E-state index contributed by atoms with van der Waals surface area (Å²) in [5.74, 6) is -2.98. The first-order valence-corrected chi connectivity index (χ1v) is 6.57. The molecule has 0 saturated carbocycles. The van der Waals surface area contributed by atoms with Crippen molar-refractivity contribution in [3.05, 3.63) is 65.0 Å². The summed E-state index contributed by atoms with van der Waals surface area (Å²) in [5.41, 5.74) is 1.47. The van der Waals surface area contributed by atoms with Gasteiger partial charge in [-0.1, -0.05) is 12.1 Å². The molecular formula is C16H16F3NO. The van der Waals surface area contributed by atoms with Crippen LogP contribution in [0.5, 0.6) is 5.75 Å². The Kier molecular flexibility index (Phi) is 5.22. The molecule has 112 valence electrons. The predicted octanol–water partition coefficient (Wildman–Crippen LogP) is 3.44. The van der Waals surface area contributed by atoms with Gasteiger partial charge in [0.1, 0.15) is 5.75 Å². The van der Waals surface area contributed by atoms with Gasteiger partial charge in [0.2, 0.25) is 0 Å². The van der Waals surface area contributed by atoms with Gasteiger partial charge in [0, 0.05) is 6.54 Å². The molecule has 0 saturated heterocycles. The molecule has 0 aliphatic carbocycles. The highest BCUT2D eigenvalue weighted by molar-refractivity contribution is 5.28. The molecule has 0 fully saturated rings. The lowest BCUT2D eigenvalue weighted by Crippen LogP contribution is -2.17. The smallest absolute Gasteiger partial charge is 0.194 e. The molecule has 0 aliphatic rings. The summed E-state index contributed by atoms with van der Waals surface area (Å²) in [6.07, 6.45) is 0.753. The molecule has 0 unspecified atom stereocenters. The second-order valence-corrected chi connectivity index (χ2v) is 4.65.